The van der Waals surface area contributed by atoms with Crippen LogP contribution in [0.5, 0.6) is 0 Å². The molecular formula is C12H26N2O2S. The molecule has 1 heterocycles. The van der Waals surface area contributed by atoms with Gasteiger partial charge in [-0.2, -0.15) is 0 Å². The topological polar surface area (TPSA) is 49.4 Å². The Balaban J connectivity index is 2.51. The van der Waals surface area contributed by atoms with Gasteiger partial charge in [0, 0.05) is 30.7 Å². The molecule has 17 heavy (non-hydrogen) atoms. The van der Waals surface area contributed by atoms with E-state index in [2.05, 4.69) is 37.9 Å². The van der Waals surface area contributed by atoms with Crippen molar-refractivity contribution in [2.24, 2.45) is 0 Å². The van der Waals surface area contributed by atoms with Gasteiger partial charge >= 0.3 is 0 Å². The summed E-state index contributed by atoms with van der Waals surface area (Å²) in [6.07, 6.45) is 0. The second kappa shape index (κ2) is 5.24. The molecule has 1 aliphatic rings. The van der Waals surface area contributed by atoms with E-state index in [-0.39, 0.29) is 11.6 Å². The first-order valence-corrected chi connectivity index (χ1v) is 8.14. The average molecular weight is 262 g/mol. The van der Waals surface area contributed by atoms with Crippen LogP contribution in [0.15, 0.2) is 0 Å². The molecule has 0 aromatic rings. The fourth-order valence-corrected chi connectivity index (χ4v) is 3.82. The van der Waals surface area contributed by atoms with E-state index in [1.54, 1.807) is 0 Å². The van der Waals surface area contributed by atoms with Crippen LogP contribution in [0.1, 0.15) is 34.6 Å². The fourth-order valence-electron chi connectivity index (χ4n) is 2.24. The van der Waals surface area contributed by atoms with Crippen LogP contribution in [-0.2, 0) is 9.84 Å². The molecule has 5 heteroatoms. The van der Waals surface area contributed by atoms with Crippen LogP contribution < -0.4 is 5.32 Å². The maximum absolute atomic E-state index is 11.5. The molecule has 2 atom stereocenters. The average Bonchev–Trinajstić information content (AvgIpc) is 2.11. The van der Waals surface area contributed by atoms with Gasteiger partial charge in [-0.05, 0) is 34.6 Å². The van der Waals surface area contributed by atoms with Gasteiger partial charge in [-0.1, -0.05) is 0 Å². The van der Waals surface area contributed by atoms with E-state index in [1.807, 2.05) is 6.92 Å². The second-order valence-electron chi connectivity index (χ2n) is 6.18. The smallest absolute Gasteiger partial charge is 0.153 e. The Morgan fingerprint density at radius 2 is 2.00 bits per heavy atom. The lowest BCUT2D eigenvalue weighted by Gasteiger charge is -2.38. The molecule has 102 valence electrons. The Morgan fingerprint density at radius 3 is 2.47 bits per heavy atom. The van der Waals surface area contributed by atoms with Gasteiger partial charge in [0.25, 0.3) is 0 Å². The Bertz CT molecular complexity index is 346. The predicted molar refractivity (Wildman–Crippen MR) is 72.0 cm³/mol. The summed E-state index contributed by atoms with van der Waals surface area (Å²) in [4.78, 5) is 2.29. The molecule has 4 nitrogen and oxygen atoms in total. The van der Waals surface area contributed by atoms with Crippen LogP contribution in [0.25, 0.3) is 0 Å². The Labute approximate surface area is 106 Å². The molecule has 1 N–H and O–H groups in total. The van der Waals surface area contributed by atoms with Crippen LogP contribution in [0, 0.1) is 0 Å². The third-order valence-corrected chi connectivity index (χ3v) is 5.01. The van der Waals surface area contributed by atoms with E-state index in [1.165, 1.54) is 0 Å². The number of rotatable bonds is 3. The van der Waals surface area contributed by atoms with Crippen molar-refractivity contribution in [2.75, 3.05) is 24.6 Å². The molecule has 0 radical (unpaired) electrons. The van der Waals surface area contributed by atoms with Crippen LogP contribution in [-0.4, -0.2) is 55.5 Å². The fraction of sp³-hybridized carbons (Fsp3) is 1.00. The summed E-state index contributed by atoms with van der Waals surface area (Å²) in [6.45, 7) is 12.2. The van der Waals surface area contributed by atoms with Gasteiger partial charge in [0.05, 0.1) is 11.5 Å². The van der Waals surface area contributed by atoms with Crippen LogP contribution >= 0.6 is 0 Å². The summed E-state index contributed by atoms with van der Waals surface area (Å²) in [7, 11) is -2.80. The molecule has 0 aliphatic carbocycles. The number of hydrogen-bond acceptors (Lipinski definition) is 4. The molecule has 0 amide bonds. The summed E-state index contributed by atoms with van der Waals surface area (Å²) in [5.41, 5.74) is 0.110. The van der Waals surface area contributed by atoms with Gasteiger partial charge in [-0.25, -0.2) is 8.42 Å². The lowest BCUT2D eigenvalue weighted by atomic mass is 10.1. The molecule has 0 bridgehead atoms. The maximum Gasteiger partial charge on any atom is 0.153 e. The SMILES string of the molecule is CC(CNC(C)(C)C)N1CCS(=O)(=O)CC1C. The maximum atomic E-state index is 11.5. The molecule has 2 unspecified atom stereocenters. The van der Waals surface area contributed by atoms with Crippen molar-refractivity contribution < 1.29 is 8.42 Å². The highest BCUT2D eigenvalue weighted by Crippen LogP contribution is 2.14. The van der Waals surface area contributed by atoms with Crippen molar-refractivity contribution in [3.8, 4) is 0 Å². The monoisotopic (exact) mass is 262 g/mol. The second-order valence-corrected chi connectivity index (χ2v) is 8.41. The standard InChI is InChI=1S/C12H26N2O2S/c1-10(8-13-12(3,4)5)14-6-7-17(15,16)9-11(14)2/h10-11,13H,6-9H2,1-5H3. The summed E-state index contributed by atoms with van der Waals surface area (Å²) in [6, 6.07) is 0.505. The zero-order valence-corrected chi connectivity index (χ0v) is 12.5. The highest BCUT2D eigenvalue weighted by molar-refractivity contribution is 7.91. The Kier molecular flexibility index (Phi) is 4.60. The van der Waals surface area contributed by atoms with Crippen molar-refractivity contribution in [3.05, 3.63) is 0 Å². The number of nitrogens with zero attached hydrogens (tertiary/aromatic N) is 1. The highest BCUT2D eigenvalue weighted by Gasteiger charge is 2.31. The van der Waals surface area contributed by atoms with Gasteiger partial charge in [0.15, 0.2) is 9.84 Å². The molecule has 1 fully saturated rings. The van der Waals surface area contributed by atoms with Crippen molar-refractivity contribution in [1.82, 2.24) is 10.2 Å². The summed E-state index contributed by atoms with van der Waals surface area (Å²) < 4.78 is 23.0. The van der Waals surface area contributed by atoms with E-state index >= 15 is 0 Å². The van der Waals surface area contributed by atoms with E-state index in [4.69, 9.17) is 0 Å². The van der Waals surface area contributed by atoms with Gasteiger partial charge in [-0.15, -0.1) is 0 Å². The summed E-state index contributed by atoms with van der Waals surface area (Å²) in [5, 5.41) is 3.47. The van der Waals surface area contributed by atoms with Crippen molar-refractivity contribution in [3.63, 3.8) is 0 Å². The molecule has 1 rings (SSSR count). The van der Waals surface area contributed by atoms with E-state index in [9.17, 15) is 8.42 Å². The van der Waals surface area contributed by atoms with Crippen molar-refractivity contribution in [2.45, 2.75) is 52.2 Å². The molecule has 0 spiro atoms. The third-order valence-electron chi connectivity index (χ3n) is 3.22. The minimum absolute atomic E-state index is 0.110. The molecule has 0 aromatic heterocycles. The van der Waals surface area contributed by atoms with E-state index in [0.29, 0.717) is 24.1 Å². The summed E-state index contributed by atoms with van der Waals surface area (Å²) >= 11 is 0. The molecule has 0 aromatic carbocycles. The minimum atomic E-state index is -2.80. The molecular weight excluding hydrogens is 236 g/mol. The molecule has 0 saturated carbocycles. The normalized spacial score (nSPS) is 27.9. The first-order chi connectivity index (χ1) is 7.61. The first-order valence-electron chi connectivity index (χ1n) is 6.32. The quantitative estimate of drug-likeness (QED) is 0.820. The lowest BCUT2D eigenvalue weighted by molar-refractivity contribution is 0.158. The summed E-state index contributed by atoms with van der Waals surface area (Å²) in [5.74, 6) is 0.601. The van der Waals surface area contributed by atoms with Crippen LogP contribution in [0.3, 0.4) is 0 Å². The number of hydrogen-bond donors (Lipinski definition) is 1. The van der Waals surface area contributed by atoms with Gasteiger partial charge in [-0.3, -0.25) is 4.90 Å². The predicted octanol–water partition coefficient (Wildman–Crippen LogP) is 0.882. The third kappa shape index (κ3) is 4.94. The van der Waals surface area contributed by atoms with Crippen LogP contribution in [0.4, 0.5) is 0 Å². The van der Waals surface area contributed by atoms with Gasteiger partial charge in [0.2, 0.25) is 0 Å². The first kappa shape index (κ1) is 14.9. The highest BCUT2D eigenvalue weighted by atomic mass is 32.2. The largest absolute Gasteiger partial charge is 0.311 e. The number of sulfone groups is 1. The van der Waals surface area contributed by atoms with Crippen LogP contribution in [0.2, 0.25) is 0 Å². The minimum Gasteiger partial charge on any atom is -0.311 e. The zero-order valence-electron chi connectivity index (χ0n) is 11.7. The Hall–Kier alpha value is -0.130. The zero-order chi connectivity index (χ0) is 13.3. The molecule has 1 aliphatic heterocycles. The van der Waals surface area contributed by atoms with E-state index in [0.717, 1.165) is 6.54 Å². The Morgan fingerprint density at radius 1 is 1.41 bits per heavy atom. The number of nitrogens with one attached hydrogen (secondary N) is 1. The van der Waals surface area contributed by atoms with Crippen molar-refractivity contribution in [1.29, 1.82) is 0 Å². The van der Waals surface area contributed by atoms with Gasteiger partial charge in [0.1, 0.15) is 0 Å². The molecule has 1 saturated heterocycles. The van der Waals surface area contributed by atoms with E-state index < -0.39 is 9.84 Å². The van der Waals surface area contributed by atoms with Gasteiger partial charge < -0.3 is 5.32 Å². The van der Waals surface area contributed by atoms with Crippen molar-refractivity contribution >= 4 is 9.84 Å². The lowest BCUT2D eigenvalue weighted by Crippen LogP contribution is -2.54.